The predicted octanol–water partition coefficient (Wildman–Crippen LogP) is 4.72. The summed E-state index contributed by atoms with van der Waals surface area (Å²) in [6.45, 7) is 12.4. The average molecular weight is 417 g/mol. The van der Waals surface area contributed by atoms with Crippen molar-refractivity contribution in [1.82, 2.24) is 0 Å². The highest BCUT2D eigenvalue weighted by atomic mass is 32.2. The minimum absolute atomic E-state index is 0.149. The Labute approximate surface area is 169 Å². The number of carbonyl (C=O) groups is 1. The second-order valence-electron chi connectivity index (χ2n) is 7.81. The summed E-state index contributed by atoms with van der Waals surface area (Å²) >= 11 is 0. The zero-order chi connectivity index (χ0) is 21.1. The van der Waals surface area contributed by atoms with Crippen LogP contribution in [-0.2, 0) is 25.8 Å². The smallest absolute Gasteiger partial charge is 0.187 e. The van der Waals surface area contributed by atoms with Gasteiger partial charge in [0.05, 0.1) is 4.90 Å². The van der Waals surface area contributed by atoms with Crippen molar-refractivity contribution in [3.8, 4) is 0 Å². The van der Waals surface area contributed by atoms with E-state index in [4.69, 9.17) is 0 Å². The maximum absolute atomic E-state index is 12.0. The first-order chi connectivity index (χ1) is 12.4. The van der Waals surface area contributed by atoms with Gasteiger partial charge >= 0.3 is 0 Å². The van der Waals surface area contributed by atoms with Crippen LogP contribution >= 0.6 is 0 Å². The lowest BCUT2D eigenvalue weighted by molar-refractivity contribution is -0.123. The molecule has 27 heavy (non-hydrogen) atoms. The van der Waals surface area contributed by atoms with E-state index in [0.717, 1.165) is 11.3 Å². The molecule has 0 aliphatic rings. The van der Waals surface area contributed by atoms with Gasteiger partial charge in [0.15, 0.2) is 11.5 Å². The second kappa shape index (κ2) is 12.6. The van der Waals surface area contributed by atoms with Gasteiger partial charge in [-0.15, -0.1) is 0 Å². The minimum Gasteiger partial charge on any atom is -0.744 e. The predicted molar refractivity (Wildman–Crippen MR) is 115 cm³/mol. The SMILES string of the molecule is CCCC[S+](CCCC)CC(=O)C(C)(C)C.Cc1ccc(S(=O)(=O)[O-])cc1. The van der Waals surface area contributed by atoms with E-state index in [1.165, 1.54) is 49.3 Å². The first-order valence-corrected chi connectivity index (χ1v) is 12.8. The lowest BCUT2D eigenvalue weighted by Crippen LogP contribution is -2.30. The molecule has 1 aromatic carbocycles. The van der Waals surface area contributed by atoms with E-state index < -0.39 is 10.1 Å². The summed E-state index contributed by atoms with van der Waals surface area (Å²) in [4.78, 5) is 11.8. The van der Waals surface area contributed by atoms with Crippen LogP contribution in [0, 0.1) is 12.3 Å². The molecule has 0 saturated heterocycles. The molecular formula is C21H36O4S2. The van der Waals surface area contributed by atoms with Crippen LogP contribution < -0.4 is 0 Å². The zero-order valence-electron chi connectivity index (χ0n) is 17.7. The van der Waals surface area contributed by atoms with Crippen LogP contribution in [0.4, 0.5) is 0 Å². The van der Waals surface area contributed by atoms with Gasteiger partial charge in [0.1, 0.15) is 21.6 Å². The molecule has 6 heteroatoms. The quantitative estimate of drug-likeness (QED) is 0.431. The Hall–Kier alpha value is -0.850. The molecule has 0 aliphatic heterocycles. The molecule has 1 rings (SSSR count). The van der Waals surface area contributed by atoms with E-state index in [1.807, 2.05) is 27.7 Å². The van der Waals surface area contributed by atoms with Gasteiger partial charge in [-0.1, -0.05) is 65.2 Å². The third kappa shape index (κ3) is 12.3. The molecular weight excluding hydrogens is 380 g/mol. The van der Waals surface area contributed by atoms with E-state index in [2.05, 4.69) is 13.8 Å². The van der Waals surface area contributed by atoms with E-state index in [-0.39, 0.29) is 10.3 Å². The fourth-order valence-corrected chi connectivity index (χ4v) is 5.21. The Morgan fingerprint density at radius 2 is 1.44 bits per heavy atom. The van der Waals surface area contributed by atoms with E-state index in [9.17, 15) is 17.8 Å². The van der Waals surface area contributed by atoms with Crippen LogP contribution in [0.1, 0.15) is 65.9 Å². The number of Topliss-reactive ketones (excluding diaryl/α,β-unsaturated/α-hetero) is 1. The first-order valence-electron chi connectivity index (χ1n) is 9.61. The standard InChI is InChI=1S/C14H29OS.C7H8O3S/c1-6-8-10-16(11-9-7-2)12-13(15)14(3,4)5;1-6-2-4-7(5-3-6)11(8,9)10/h6-12H2,1-5H3;2-5H,1H3,(H,8,9,10)/q+1;/p-1. The van der Waals surface area contributed by atoms with Crippen LogP contribution in [0.25, 0.3) is 0 Å². The van der Waals surface area contributed by atoms with Gasteiger partial charge in [0.2, 0.25) is 0 Å². The molecule has 0 amide bonds. The summed E-state index contributed by atoms with van der Waals surface area (Å²) in [6, 6.07) is 5.78. The highest BCUT2D eigenvalue weighted by Gasteiger charge is 2.29. The molecule has 4 nitrogen and oxygen atoms in total. The number of benzene rings is 1. The van der Waals surface area contributed by atoms with Crippen molar-refractivity contribution in [2.45, 2.75) is 72.1 Å². The Morgan fingerprint density at radius 1 is 1.00 bits per heavy atom. The molecule has 0 aromatic heterocycles. The summed E-state index contributed by atoms with van der Waals surface area (Å²) in [5.41, 5.74) is 0.779. The molecule has 0 heterocycles. The van der Waals surface area contributed by atoms with Crippen LogP contribution in [0.15, 0.2) is 29.2 Å². The molecule has 0 spiro atoms. The van der Waals surface area contributed by atoms with E-state index >= 15 is 0 Å². The molecule has 0 radical (unpaired) electrons. The van der Waals surface area contributed by atoms with Crippen molar-refractivity contribution in [2.75, 3.05) is 17.3 Å². The Morgan fingerprint density at radius 3 is 1.78 bits per heavy atom. The highest BCUT2D eigenvalue weighted by molar-refractivity contribution is 7.97. The molecule has 0 fully saturated rings. The van der Waals surface area contributed by atoms with Crippen LogP contribution in [0.5, 0.6) is 0 Å². The number of carbonyl (C=O) groups excluding carboxylic acids is 1. The summed E-state index contributed by atoms with van der Waals surface area (Å²) in [5, 5.41) is 0. The Kier molecular flexibility index (Phi) is 12.2. The van der Waals surface area contributed by atoms with E-state index in [0.29, 0.717) is 16.7 Å². The number of hydrogen-bond acceptors (Lipinski definition) is 4. The molecule has 156 valence electrons. The molecule has 0 saturated carbocycles. The van der Waals surface area contributed by atoms with Gasteiger partial charge in [-0.05, 0) is 42.8 Å². The van der Waals surface area contributed by atoms with Crippen molar-refractivity contribution < 1.29 is 17.8 Å². The molecule has 0 unspecified atom stereocenters. The fourth-order valence-electron chi connectivity index (χ4n) is 2.05. The lowest BCUT2D eigenvalue weighted by atomic mass is 9.92. The van der Waals surface area contributed by atoms with E-state index in [1.54, 1.807) is 12.1 Å². The van der Waals surface area contributed by atoms with Crippen molar-refractivity contribution in [3.63, 3.8) is 0 Å². The van der Waals surface area contributed by atoms with Crippen molar-refractivity contribution in [3.05, 3.63) is 29.8 Å². The fraction of sp³-hybridized carbons (Fsp3) is 0.667. The van der Waals surface area contributed by atoms with Crippen molar-refractivity contribution in [1.29, 1.82) is 0 Å². The Bertz CT molecular complexity index is 636. The number of unbranched alkanes of at least 4 members (excludes halogenated alkanes) is 2. The molecule has 0 aliphatic carbocycles. The maximum Gasteiger partial charge on any atom is 0.187 e. The third-order valence-corrected chi connectivity index (χ3v) is 7.31. The minimum atomic E-state index is -4.27. The van der Waals surface area contributed by atoms with Crippen LogP contribution in [-0.4, -0.2) is 36.0 Å². The third-order valence-electron chi connectivity index (χ3n) is 4.05. The molecule has 0 atom stereocenters. The topological polar surface area (TPSA) is 74.3 Å². The van der Waals surface area contributed by atoms with Crippen LogP contribution in [0.3, 0.4) is 0 Å². The van der Waals surface area contributed by atoms with Gasteiger partial charge in [0, 0.05) is 5.41 Å². The summed E-state index contributed by atoms with van der Waals surface area (Å²) in [7, 11) is -3.92. The first kappa shape index (κ1) is 26.1. The van der Waals surface area contributed by atoms with Gasteiger partial charge in [-0.2, -0.15) is 0 Å². The number of hydrogen-bond donors (Lipinski definition) is 0. The summed E-state index contributed by atoms with van der Waals surface area (Å²) in [6.07, 6.45) is 5.06. The number of aryl methyl sites for hydroxylation is 1. The summed E-state index contributed by atoms with van der Waals surface area (Å²) < 4.78 is 31.2. The van der Waals surface area contributed by atoms with Gasteiger partial charge in [-0.25, -0.2) is 8.42 Å². The second-order valence-corrected chi connectivity index (χ2v) is 11.5. The molecule has 0 N–H and O–H groups in total. The average Bonchev–Trinajstić information content (AvgIpc) is 2.56. The molecule has 0 bridgehead atoms. The van der Waals surface area contributed by atoms with Crippen LogP contribution in [0.2, 0.25) is 0 Å². The summed E-state index contributed by atoms with van der Waals surface area (Å²) in [5.74, 6) is 3.79. The monoisotopic (exact) mass is 416 g/mol. The lowest BCUT2D eigenvalue weighted by Gasteiger charge is -2.17. The largest absolute Gasteiger partial charge is 0.744 e. The Balaban J connectivity index is 0.000000533. The van der Waals surface area contributed by atoms with Crippen molar-refractivity contribution in [2.24, 2.45) is 5.41 Å². The number of ketones is 1. The van der Waals surface area contributed by atoms with Gasteiger partial charge in [-0.3, -0.25) is 4.79 Å². The van der Waals surface area contributed by atoms with Crippen molar-refractivity contribution >= 4 is 26.8 Å². The van der Waals surface area contributed by atoms with Gasteiger partial charge in [0.25, 0.3) is 0 Å². The highest BCUT2D eigenvalue weighted by Crippen LogP contribution is 2.18. The normalized spacial score (nSPS) is 11.9. The molecule has 1 aromatic rings. The van der Waals surface area contributed by atoms with Gasteiger partial charge < -0.3 is 4.55 Å². The maximum atomic E-state index is 12.0. The number of rotatable bonds is 9. The zero-order valence-corrected chi connectivity index (χ0v) is 19.3.